The zero-order valence-electron chi connectivity index (χ0n) is 8.38. The molecule has 16 heavy (non-hydrogen) atoms. The molecule has 3 rings (SSSR count). The third-order valence-electron chi connectivity index (χ3n) is 2.32. The summed E-state index contributed by atoms with van der Waals surface area (Å²) in [4.78, 5) is 5.58. The Balaban J connectivity index is 1.99. The summed E-state index contributed by atoms with van der Waals surface area (Å²) in [6, 6.07) is 9.01. The quantitative estimate of drug-likeness (QED) is 0.736. The second-order valence-corrected chi connectivity index (χ2v) is 4.55. The van der Waals surface area contributed by atoms with Gasteiger partial charge in [0.05, 0.1) is 6.42 Å². The van der Waals surface area contributed by atoms with Crippen LogP contribution in [-0.4, -0.2) is 10.1 Å². The molecular weight excluding hydrogens is 222 g/mol. The van der Waals surface area contributed by atoms with Gasteiger partial charge in [-0.25, -0.2) is 4.98 Å². The van der Waals surface area contributed by atoms with Crippen LogP contribution >= 0.6 is 11.3 Å². The number of aromatic nitrogens is 1. The molecule has 0 amide bonds. The Labute approximate surface area is 96.0 Å². The molecule has 1 N–H and O–H groups in total. The van der Waals surface area contributed by atoms with Crippen LogP contribution in [0, 0.1) is 0 Å². The third kappa shape index (κ3) is 1.67. The molecule has 4 heteroatoms. The summed E-state index contributed by atoms with van der Waals surface area (Å²) in [5.74, 6) is 0.884. The summed E-state index contributed by atoms with van der Waals surface area (Å²) in [6.45, 7) is 0. The lowest BCUT2D eigenvalue weighted by atomic mass is 10.3. The zero-order valence-corrected chi connectivity index (χ0v) is 9.20. The molecule has 3 nitrogen and oxygen atoms in total. The lowest BCUT2D eigenvalue weighted by Gasteiger charge is -1.89. The maximum Gasteiger partial charge on any atom is 0.200 e. The van der Waals surface area contributed by atoms with Crippen molar-refractivity contribution in [2.45, 2.75) is 6.42 Å². The molecule has 0 atom stereocenters. The van der Waals surface area contributed by atoms with Crippen molar-refractivity contribution in [1.82, 2.24) is 4.98 Å². The largest absolute Gasteiger partial charge is 0.508 e. The SMILES string of the molecule is Oc1ccc2nc(Cc3cccs3)oc2c1. The van der Waals surface area contributed by atoms with E-state index in [1.807, 2.05) is 11.4 Å². The highest BCUT2D eigenvalue weighted by molar-refractivity contribution is 7.09. The molecule has 0 bridgehead atoms. The number of hydrogen-bond donors (Lipinski definition) is 1. The molecule has 0 spiro atoms. The molecule has 0 unspecified atom stereocenters. The molecule has 2 aromatic heterocycles. The van der Waals surface area contributed by atoms with Crippen LogP contribution in [0.3, 0.4) is 0 Å². The van der Waals surface area contributed by atoms with Crippen LogP contribution in [0.1, 0.15) is 10.8 Å². The molecule has 0 radical (unpaired) electrons. The van der Waals surface area contributed by atoms with E-state index in [0.717, 1.165) is 5.52 Å². The van der Waals surface area contributed by atoms with Crippen molar-refractivity contribution < 1.29 is 9.52 Å². The summed E-state index contributed by atoms with van der Waals surface area (Å²) in [5.41, 5.74) is 1.41. The third-order valence-corrected chi connectivity index (χ3v) is 3.20. The van der Waals surface area contributed by atoms with E-state index in [1.54, 1.807) is 29.5 Å². The van der Waals surface area contributed by atoms with Gasteiger partial charge >= 0.3 is 0 Å². The van der Waals surface area contributed by atoms with Crippen molar-refractivity contribution in [3.63, 3.8) is 0 Å². The normalized spacial score (nSPS) is 11.0. The van der Waals surface area contributed by atoms with Crippen LogP contribution in [0.2, 0.25) is 0 Å². The molecule has 80 valence electrons. The molecule has 0 saturated carbocycles. The minimum atomic E-state index is 0.200. The number of nitrogens with zero attached hydrogens (tertiary/aromatic N) is 1. The number of oxazole rings is 1. The van der Waals surface area contributed by atoms with Gasteiger partial charge in [0.2, 0.25) is 5.89 Å². The standard InChI is InChI=1S/C12H9NO2S/c14-8-3-4-10-11(6-8)15-12(13-10)7-9-2-1-5-16-9/h1-6,14H,7H2. The van der Waals surface area contributed by atoms with Crippen LogP contribution in [0.4, 0.5) is 0 Å². The number of thiophene rings is 1. The van der Waals surface area contributed by atoms with Gasteiger partial charge in [0, 0.05) is 10.9 Å². The van der Waals surface area contributed by atoms with Crippen LogP contribution in [-0.2, 0) is 6.42 Å². The molecule has 1 aromatic carbocycles. The number of rotatable bonds is 2. The van der Waals surface area contributed by atoms with Gasteiger partial charge in [-0.05, 0) is 23.6 Å². The van der Waals surface area contributed by atoms with E-state index in [-0.39, 0.29) is 5.75 Å². The molecule has 0 aliphatic heterocycles. The van der Waals surface area contributed by atoms with Crippen LogP contribution < -0.4 is 0 Å². The zero-order chi connectivity index (χ0) is 11.0. The highest BCUT2D eigenvalue weighted by atomic mass is 32.1. The summed E-state index contributed by atoms with van der Waals surface area (Å²) in [5, 5.41) is 11.3. The Kier molecular flexibility index (Phi) is 2.15. The molecule has 3 aromatic rings. The van der Waals surface area contributed by atoms with Crippen LogP contribution in [0.15, 0.2) is 40.1 Å². The van der Waals surface area contributed by atoms with E-state index in [9.17, 15) is 5.11 Å². The second kappa shape index (κ2) is 3.64. The molecule has 0 aliphatic rings. The Bertz CT molecular complexity index is 613. The van der Waals surface area contributed by atoms with Gasteiger partial charge in [-0.3, -0.25) is 0 Å². The minimum absolute atomic E-state index is 0.200. The maximum atomic E-state index is 9.31. The Hall–Kier alpha value is -1.81. The molecule has 0 saturated heterocycles. The highest BCUT2D eigenvalue weighted by Crippen LogP contribution is 2.22. The van der Waals surface area contributed by atoms with E-state index < -0.39 is 0 Å². The fraction of sp³-hybridized carbons (Fsp3) is 0.0833. The average Bonchev–Trinajstić information content (AvgIpc) is 2.86. The van der Waals surface area contributed by atoms with Crippen molar-refractivity contribution >= 4 is 22.4 Å². The van der Waals surface area contributed by atoms with Crippen LogP contribution in [0.25, 0.3) is 11.1 Å². The van der Waals surface area contributed by atoms with E-state index in [4.69, 9.17) is 4.42 Å². The summed E-state index contributed by atoms with van der Waals surface area (Å²) >= 11 is 1.68. The smallest absolute Gasteiger partial charge is 0.200 e. The summed E-state index contributed by atoms with van der Waals surface area (Å²) < 4.78 is 5.56. The first-order valence-electron chi connectivity index (χ1n) is 4.92. The van der Waals surface area contributed by atoms with E-state index in [2.05, 4.69) is 11.1 Å². The number of hydrogen-bond acceptors (Lipinski definition) is 4. The topological polar surface area (TPSA) is 46.3 Å². The van der Waals surface area contributed by atoms with Gasteiger partial charge < -0.3 is 9.52 Å². The highest BCUT2D eigenvalue weighted by Gasteiger charge is 2.07. The number of phenolic OH excluding ortho intramolecular Hbond substituents is 1. The Morgan fingerprint density at radius 1 is 1.31 bits per heavy atom. The first-order chi connectivity index (χ1) is 7.81. The number of phenols is 1. The van der Waals surface area contributed by atoms with Gasteiger partial charge in [-0.1, -0.05) is 6.07 Å². The Morgan fingerprint density at radius 3 is 3.06 bits per heavy atom. The lowest BCUT2D eigenvalue weighted by molar-refractivity contribution is 0.473. The minimum Gasteiger partial charge on any atom is -0.508 e. The molecule has 0 aliphatic carbocycles. The molecule has 0 fully saturated rings. The predicted octanol–water partition coefficient (Wildman–Crippen LogP) is 3.19. The van der Waals surface area contributed by atoms with Gasteiger partial charge in [0.25, 0.3) is 0 Å². The maximum absolute atomic E-state index is 9.31. The van der Waals surface area contributed by atoms with Gasteiger partial charge in [0.1, 0.15) is 11.3 Å². The number of aromatic hydroxyl groups is 1. The van der Waals surface area contributed by atoms with Crippen molar-refractivity contribution in [2.24, 2.45) is 0 Å². The van der Waals surface area contributed by atoms with Crippen molar-refractivity contribution in [3.8, 4) is 5.75 Å². The molecular formula is C12H9NO2S. The van der Waals surface area contributed by atoms with Crippen LogP contribution in [0.5, 0.6) is 5.75 Å². The fourth-order valence-corrected chi connectivity index (χ4v) is 2.29. The molecule has 2 heterocycles. The fourth-order valence-electron chi connectivity index (χ4n) is 1.60. The van der Waals surface area contributed by atoms with Gasteiger partial charge in [-0.2, -0.15) is 0 Å². The van der Waals surface area contributed by atoms with Crippen molar-refractivity contribution in [2.75, 3.05) is 0 Å². The lowest BCUT2D eigenvalue weighted by Crippen LogP contribution is -1.82. The first kappa shape index (κ1) is 9.42. The van der Waals surface area contributed by atoms with Gasteiger partial charge in [0.15, 0.2) is 5.58 Å². The van der Waals surface area contributed by atoms with Gasteiger partial charge in [-0.15, -0.1) is 11.3 Å². The summed E-state index contributed by atoms with van der Waals surface area (Å²) in [6.07, 6.45) is 0.701. The van der Waals surface area contributed by atoms with E-state index >= 15 is 0 Å². The van der Waals surface area contributed by atoms with E-state index in [1.165, 1.54) is 4.88 Å². The van der Waals surface area contributed by atoms with Crippen molar-refractivity contribution in [1.29, 1.82) is 0 Å². The first-order valence-corrected chi connectivity index (χ1v) is 5.80. The Morgan fingerprint density at radius 2 is 2.25 bits per heavy atom. The predicted molar refractivity (Wildman–Crippen MR) is 62.8 cm³/mol. The van der Waals surface area contributed by atoms with E-state index in [0.29, 0.717) is 17.9 Å². The second-order valence-electron chi connectivity index (χ2n) is 3.52. The monoisotopic (exact) mass is 231 g/mol. The number of fused-ring (bicyclic) bond motifs is 1. The average molecular weight is 231 g/mol. The summed E-state index contributed by atoms with van der Waals surface area (Å²) in [7, 11) is 0. The number of benzene rings is 1. The van der Waals surface area contributed by atoms with Crippen molar-refractivity contribution in [3.05, 3.63) is 46.5 Å².